The van der Waals surface area contributed by atoms with E-state index in [0.717, 1.165) is 32.0 Å². The van der Waals surface area contributed by atoms with Gasteiger partial charge in [0.1, 0.15) is 0 Å². The number of aliphatic imine (C=N–C) groups is 1. The van der Waals surface area contributed by atoms with Crippen molar-refractivity contribution in [1.82, 2.24) is 15.1 Å². The SMILES string of the molecule is CCOC(=O)N1CCC(NC(N)=NCCN(C(C)C)C2CC2)CC1. The minimum atomic E-state index is -0.216. The summed E-state index contributed by atoms with van der Waals surface area (Å²) in [5.41, 5.74) is 6.02. The molecule has 1 aliphatic carbocycles. The number of carbonyl (C=O) groups is 1. The Morgan fingerprint density at radius 2 is 2.00 bits per heavy atom. The smallest absolute Gasteiger partial charge is 0.409 e. The van der Waals surface area contributed by atoms with Crippen LogP contribution in [0, 0.1) is 0 Å². The van der Waals surface area contributed by atoms with Crippen molar-refractivity contribution < 1.29 is 9.53 Å². The normalized spacial score (nSPS) is 19.9. The number of ether oxygens (including phenoxy) is 1. The number of nitrogens with zero attached hydrogens (tertiary/aromatic N) is 3. The maximum atomic E-state index is 11.7. The Hall–Kier alpha value is -1.50. The number of nitrogens with one attached hydrogen (secondary N) is 1. The molecule has 0 radical (unpaired) electrons. The molecule has 0 unspecified atom stereocenters. The fraction of sp³-hybridized carbons (Fsp3) is 0.882. The largest absolute Gasteiger partial charge is 0.450 e. The Morgan fingerprint density at radius 1 is 1.33 bits per heavy atom. The van der Waals surface area contributed by atoms with Crippen LogP contribution in [0.25, 0.3) is 0 Å². The molecule has 24 heavy (non-hydrogen) atoms. The van der Waals surface area contributed by atoms with E-state index >= 15 is 0 Å². The molecule has 0 atom stereocenters. The second-order valence-corrected chi connectivity index (χ2v) is 6.93. The molecule has 1 amide bonds. The van der Waals surface area contributed by atoms with Crippen LogP contribution in [0.5, 0.6) is 0 Å². The van der Waals surface area contributed by atoms with Crippen molar-refractivity contribution in [3.63, 3.8) is 0 Å². The molecule has 1 saturated carbocycles. The number of nitrogens with two attached hydrogens (primary N) is 1. The first-order valence-electron chi connectivity index (χ1n) is 9.25. The Bertz CT molecular complexity index is 427. The number of piperidine rings is 1. The average molecular weight is 339 g/mol. The molecule has 1 saturated heterocycles. The highest BCUT2D eigenvalue weighted by Gasteiger charge is 2.30. The fourth-order valence-corrected chi connectivity index (χ4v) is 3.23. The van der Waals surface area contributed by atoms with Crippen LogP contribution in [-0.4, -0.2) is 72.8 Å². The molecule has 0 aromatic heterocycles. The molecule has 1 heterocycles. The van der Waals surface area contributed by atoms with E-state index in [0.29, 0.717) is 31.7 Å². The summed E-state index contributed by atoms with van der Waals surface area (Å²) in [6.07, 6.45) is 4.15. The maximum Gasteiger partial charge on any atom is 0.409 e. The van der Waals surface area contributed by atoms with E-state index in [2.05, 4.69) is 29.1 Å². The first kappa shape index (κ1) is 18.8. The molecular formula is C17H33N5O2. The lowest BCUT2D eigenvalue weighted by molar-refractivity contribution is 0.0963. The quantitative estimate of drug-likeness (QED) is 0.541. The van der Waals surface area contributed by atoms with Gasteiger partial charge in [-0.1, -0.05) is 0 Å². The Balaban J connectivity index is 1.67. The number of guanidine groups is 1. The monoisotopic (exact) mass is 339 g/mol. The lowest BCUT2D eigenvalue weighted by Crippen LogP contribution is -2.48. The zero-order valence-electron chi connectivity index (χ0n) is 15.3. The molecule has 0 aromatic rings. The molecule has 2 fully saturated rings. The van der Waals surface area contributed by atoms with Crippen LogP contribution in [0.4, 0.5) is 4.79 Å². The van der Waals surface area contributed by atoms with Crippen LogP contribution in [0.15, 0.2) is 4.99 Å². The van der Waals surface area contributed by atoms with Crippen LogP contribution in [0.2, 0.25) is 0 Å². The highest BCUT2D eigenvalue weighted by atomic mass is 16.6. The minimum absolute atomic E-state index is 0.216. The van der Waals surface area contributed by atoms with E-state index in [1.54, 1.807) is 4.90 Å². The Morgan fingerprint density at radius 3 is 2.54 bits per heavy atom. The second kappa shape index (κ2) is 9.11. The fourth-order valence-electron chi connectivity index (χ4n) is 3.23. The summed E-state index contributed by atoms with van der Waals surface area (Å²) < 4.78 is 5.03. The predicted molar refractivity (Wildman–Crippen MR) is 96.1 cm³/mol. The summed E-state index contributed by atoms with van der Waals surface area (Å²) in [6.45, 7) is 9.82. The van der Waals surface area contributed by atoms with Crippen molar-refractivity contribution in [2.45, 2.75) is 64.6 Å². The van der Waals surface area contributed by atoms with Gasteiger partial charge in [0.15, 0.2) is 5.96 Å². The van der Waals surface area contributed by atoms with Crippen LogP contribution >= 0.6 is 0 Å². The Labute approximate surface area is 145 Å². The predicted octanol–water partition coefficient (Wildman–Crippen LogP) is 1.38. The first-order chi connectivity index (χ1) is 11.5. The third-order valence-electron chi connectivity index (χ3n) is 4.69. The summed E-state index contributed by atoms with van der Waals surface area (Å²) in [7, 11) is 0. The first-order valence-corrected chi connectivity index (χ1v) is 9.25. The number of likely N-dealkylation sites (tertiary alicyclic amines) is 1. The third kappa shape index (κ3) is 5.85. The van der Waals surface area contributed by atoms with Crippen molar-refractivity contribution in [1.29, 1.82) is 0 Å². The third-order valence-corrected chi connectivity index (χ3v) is 4.69. The number of carbonyl (C=O) groups excluding carboxylic acids is 1. The molecule has 0 aromatic carbocycles. The van der Waals surface area contributed by atoms with Crippen LogP contribution < -0.4 is 11.1 Å². The number of hydrogen-bond donors (Lipinski definition) is 2. The van der Waals surface area contributed by atoms with Crippen molar-refractivity contribution in [3.05, 3.63) is 0 Å². The minimum Gasteiger partial charge on any atom is -0.450 e. The molecular weight excluding hydrogens is 306 g/mol. The van der Waals surface area contributed by atoms with Gasteiger partial charge >= 0.3 is 6.09 Å². The lowest BCUT2D eigenvalue weighted by Gasteiger charge is -2.31. The van der Waals surface area contributed by atoms with E-state index in [1.165, 1.54) is 12.8 Å². The van der Waals surface area contributed by atoms with E-state index < -0.39 is 0 Å². The molecule has 3 N–H and O–H groups in total. The Kier molecular flexibility index (Phi) is 7.15. The van der Waals surface area contributed by atoms with Crippen LogP contribution in [0.3, 0.4) is 0 Å². The van der Waals surface area contributed by atoms with Crippen LogP contribution in [0.1, 0.15) is 46.5 Å². The van der Waals surface area contributed by atoms with Crippen molar-refractivity contribution in [2.75, 3.05) is 32.8 Å². The van der Waals surface area contributed by atoms with E-state index in [4.69, 9.17) is 10.5 Å². The molecule has 138 valence electrons. The lowest BCUT2D eigenvalue weighted by atomic mass is 10.1. The molecule has 1 aliphatic heterocycles. The van der Waals surface area contributed by atoms with Gasteiger partial charge in [0.25, 0.3) is 0 Å². The number of amides is 1. The summed E-state index contributed by atoms with van der Waals surface area (Å²) in [4.78, 5) is 20.4. The van der Waals surface area contributed by atoms with Gasteiger partial charge in [0.05, 0.1) is 13.2 Å². The highest BCUT2D eigenvalue weighted by molar-refractivity contribution is 5.78. The highest BCUT2D eigenvalue weighted by Crippen LogP contribution is 2.28. The van der Waals surface area contributed by atoms with Gasteiger partial charge in [0.2, 0.25) is 0 Å². The van der Waals surface area contributed by atoms with Gasteiger partial charge in [0, 0.05) is 37.8 Å². The van der Waals surface area contributed by atoms with Gasteiger partial charge in [-0.25, -0.2) is 4.79 Å². The standard InChI is InChI=1S/C17H33N5O2/c1-4-24-17(23)21-10-7-14(8-11-21)20-16(18)19-9-12-22(13(2)3)15-5-6-15/h13-15H,4-12H2,1-3H3,(H3,18,19,20). The summed E-state index contributed by atoms with van der Waals surface area (Å²) >= 11 is 0. The molecule has 7 heteroatoms. The summed E-state index contributed by atoms with van der Waals surface area (Å²) in [5.74, 6) is 0.518. The average Bonchev–Trinajstić information content (AvgIpc) is 3.37. The van der Waals surface area contributed by atoms with Gasteiger partial charge in [-0.05, 0) is 46.5 Å². The van der Waals surface area contributed by atoms with Gasteiger partial charge < -0.3 is 20.7 Å². The summed E-state index contributed by atoms with van der Waals surface area (Å²) in [6, 6.07) is 1.60. The molecule has 2 aliphatic rings. The van der Waals surface area contributed by atoms with Gasteiger partial charge in [-0.2, -0.15) is 0 Å². The number of rotatable bonds is 7. The molecule has 7 nitrogen and oxygen atoms in total. The van der Waals surface area contributed by atoms with Crippen LogP contribution in [-0.2, 0) is 4.74 Å². The van der Waals surface area contributed by atoms with E-state index in [-0.39, 0.29) is 12.1 Å². The van der Waals surface area contributed by atoms with Gasteiger partial charge in [-0.3, -0.25) is 9.89 Å². The zero-order valence-corrected chi connectivity index (χ0v) is 15.3. The number of hydrogen-bond acceptors (Lipinski definition) is 4. The van der Waals surface area contributed by atoms with Gasteiger partial charge in [-0.15, -0.1) is 0 Å². The van der Waals surface area contributed by atoms with Crippen molar-refractivity contribution in [3.8, 4) is 0 Å². The van der Waals surface area contributed by atoms with Crippen molar-refractivity contribution >= 4 is 12.1 Å². The van der Waals surface area contributed by atoms with E-state index in [1.807, 2.05) is 6.92 Å². The topological polar surface area (TPSA) is 83.2 Å². The second-order valence-electron chi connectivity index (χ2n) is 6.93. The van der Waals surface area contributed by atoms with E-state index in [9.17, 15) is 4.79 Å². The molecule has 2 rings (SSSR count). The van der Waals surface area contributed by atoms with Crippen molar-refractivity contribution in [2.24, 2.45) is 10.7 Å². The summed E-state index contributed by atoms with van der Waals surface area (Å²) in [5, 5.41) is 3.29. The molecule has 0 spiro atoms. The zero-order chi connectivity index (χ0) is 17.5. The molecule has 0 bridgehead atoms. The maximum absolute atomic E-state index is 11.7.